The van der Waals surface area contributed by atoms with Crippen LogP contribution in [0.25, 0.3) is 0 Å². The quantitative estimate of drug-likeness (QED) is 0.796. The van der Waals surface area contributed by atoms with Gasteiger partial charge in [-0.2, -0.15) is 0 Å². The summed E-state index contributed by atoms with van der Waals surface area (Å²) in [5.41, 5.74) is 3.44. The topological polar surface area (TPSA) is 79.0 Å². The Labute approximate surface area is 176 Å². The molecule has 1 atom stereocenters. The molecule has 158 valence electrons. The molecule has 1 aliphatic heterocycles. The minimum atomic E-state index is -0.484. The number of hydrogen-bond acceptors (Lipinski definition) is 4. The van der Waals surface area contributed by atoms with Gasteiger partial charge in [0.05, 0.1) is 19.6 Å². The fraction of sp³-hybridized carbons (Fsp3) is 0.348. The highest BCUT2D eigenvalue weighted by Gasteiger charge is 2.36. The van der Waals surface area contributed by atoms with Gasteiger partial charge in [-0.05, 0) is 43.2 Å². The van der Waals surface area contributed by atoms with E-state index in [1.54, 1.807) is 37.3 Å². The van der Waals surface area contributed by atoms with E-state index in [-0.39, 0.29) is 37.2 Å². The maximum atomic E-state index is 12.8. The maximum Gasteiger partial charge on any atom is 0.243 e. The number of rotatable bonds is 6. The normalized spacial score (nSPS) is 15.8. The highest BCUT2D eigenvalue weighted by molar-refractivity contribution is 6.01. The first kappa shape index (κ1) is 21.4. The molecule has 0 aliphatic carbocycles. The van der Waals surface area contributed by atoms with Crippen LogP contribution >= 0.6 is 0 Å². The van der Waals surface area contributed by atoms with Crippen molar-refractivity contribution in [3.63, 3.8) is 0 Å². The summed E-state index contributed by atoms with van der Waals surface area (Å²) in [6.45, 7) is 4.08. The molecule has 0 saturated carbocycles. The average molecular weight is 409 g/mol. The van der Waals surface area contributed by atoms with Crippen molar-refractivity contribution in [1.29, 1.82) is 0 Å². The van der Waals surface area contributed by atoms with Crippen LogP contribution in [0.1, 0.15) is 17.5 Å². The van der Waals surface area contributed by atoms with E-state index in [2.05, 4.69) is 5.32 Å². The molecule has 1 aliphatic rings. The molecule has 1 N–H and O–H groups in total. The minimum Gasteiger partial charge on any atom is -0.497 e. The molecule has 3 rings (SSSR count). The summed E-state index contributed by atoms with van der Waals surface area (Å²) in [6, 6.07) is 13.0. The SMILES string of the molecule is COc1cccc(N2C[C@@H](C(=O)N(C)CC(=O)Nc3cc(C)ccc3C)CC2=O)c1. The summed E-state index contributed by atoms with van der Waals surface area (Å²) in [4.78, 5) is 40.7. The summed E-state index contributed by atoms with van der Waals surface area (Å²) >= 11 is 0. The number of amides is 3. The number of nitrogens with one attached hydrogen (secondary N) is 1. The van der Waals surface area contributed by atoms with E-state index < -0.39 is 5.92 Å². The van der Waals surface area contributed by atoms with Crippen molar-refractivity contribution in [2.45, 2.75) is 20.3 Å². The van der Waals surface area contributed by atoms with Crippen LogP contribution in [0.3, 0.4) is 0 Å². The molecular weight excluding hydrogens is 382 g/mol. The number of carbonyl (C=O) groups is 3. The first-order chi connectivity index (χ1) is 14.3. The molecule has 2 aromatic carbocycles. The lowest BCUT2D eigenvalue weighted by molar-refractivity contribution is -0.137. The lowest BCUT2D eigenvalue weighted by Gasteiger charge is -2.21. The van der Waals surface area contributed by atoms with E-state index in [4.69, 9.17) is 4.74 Å². The van der Waals surface area contributed by atoms with Crippen LogP contribution < -0.4 is 15.0 Å². The molecule has 0 aromatic heterocycles. The number of anilines is 2. The summed E-state index contributed by atoms with van der Waals surface area (Å²) in [6.07, 6.45) is 0.124. The zero-order valence-corrected chi connectivity index (χ0v) is 17.8. The Kier molecular flexibility index (Phi) is 6.40. The van der Waals surface area contributed by atoms with Crippen LogP contribution in [0.4, 0.5) is 11.4 Å². The fourth-order valence-corrected chi connectivity index (χ4v) is 3.57. The lowest BCUT2D eigenvalue weighted by atomic mass is 10.1. The largest absolute Gasteiger partial charge is 0.497 e. The number of aryl methyl sites for hydroxylation is 2. The number of methoxy groups -OCH3 is 1. The molecule has 0 radical (unpaired) electrons. The number of nitrogens with zero attached hydrogens (tertiary/aromatic N) is 2. The van der Waals surface area contributed by atoms with Crippen molar-refractivity contribution in [2.75, 3.05) is 37.5 Å². The van der Waals surface area contributed by atoms with Crippen molar-refractivity contribution < 1.29 is 19.1 Å². The fourth-order valence-electron chi connectivity index (χ4n) is 3.57. The van der Waals surface area contributed by atoms with Crippen LogP contribution in [-0.2, 0) is 14.4 Å². The van der Waals surface area contributed by atoms with Crippen LogP contribution in [0.5, 0.6) is 5.75 Å². The van der Waals surface area contributed by atoms with Gasteiger partial charge in [0.2, 0.25) is 17.7 Å². The molecule has 0 spiro atoms. The third-order valence-corrected chi connectivity index (χ3v) is 5.26. The molecule has 7 nitrogen and oxygen atoms in total. The monoisotopic (exact) mass is 409 g/mol. The predicted molar refractivity (Wildman–Crippen MR) is 116 cm³/mol. The van der Waals surface area contributed by atoms with E-state index >= 15 is 0 Å². The molecule has 30 heavy (non-hydrogen) atoms. The van der Waals surface area contributed by atoms with Gasteiger partial charge < -0.3 is 19.9 Å². The first-order valence-corrected chi connectivity index (χ1v) is 9.85. The third-order valence-electron chi connectivity index (χ3n) is 5.26. The van der Waals surface area contributed by atoms with Crippen molar-refractivity contribution in [3.8, 4) is 5.75 Å². The Balaban J connectivity index is 1.61. The number of benzene rings is 2. The van der Waals surface area contributed by atoms with E-state index in [1.165, 1.54) is 4.90 Å². The maximum absolute atomic E-state index is 12.8. The molecule has 0 unspecified atom stereocenters. The van der Waals surface area contributed by atoms with Gasteiger partial charge in [-0.25, -0.2) is 0 Å². The lowest BCUT2D eigenvalue weighted by Crippen LogP contribution is -2.39. The first-order valence-electron chi connectivity index (χ1n) is 9.85. The van der Waals surface area contributed by atoms with Gasteiger partial charge in [0.15, 0.2) is 0 Å². The Hall–Kier alpha value is -3.35. The second kappa shape index (κ2) is 8.98. The highest BCUT2D eigenvalue weighted by atomic mass is 16.5. The van der Waals surface area contributed by atoms with Gasteiger partial charge in [-0.3, -0.25) is 14.4 Å². The van der Waals surface area contributed by atoms with Crippen LogP contribution in [0.15, 0.2) is 42.5 Å². The molecule has 2 aromatic rings. The van der Waals surface area contributed by atoms with Crippen molar-refractivity contribution in [3.05, 3.63) is 53.6 Å². The summed E-state index contributed by atoms with van der Waals surface area (Å²) < 4.78 is 5.21. The van der Waals surface area contributed by atoms with E-state index in [0.29, 0.717) is 11.4 Å². The standard InChI is InChI=1S/C23H27N3O4/c1-15-8-9-16(2)20(10-15)24-21(27)14-25(3)23(29)17-11-22(28)26(13-17)18-6-5-7-19(12-18)30-4/h5-10,12,17H,11,13-14H2,1-4H3,(H,24,27)/t17-/m0/s1. The highest BCUT2D eigenvalue weighted by Crippen LogP contribution is 2.28. The molecule has 3 amide bonds. The number of likely N-dealkylation sites (N-methyl/N-ethyl adjacent to an activating group) is 1. The van der Waals surface area contributed by atoms with Gasteiger partial charge >= 0.3 is 0 Å². The van der Waals surface area contributed by atoms with Crippen molar-refractivity contribution in [1.82, 2.24) is 4.90 Å². The van der Waals surface area contributed by atoms with Gasteiger partial charge in [-0.1, -0.05) is 18.2 Å². The smallest absolute Gasteiger partial charge is 0.243 e. The molecular formula is C23H27N3O4. The number of ether oxygens (including phenoxy) is 1. The summed E-state index contributed by atoms with van der Waals surface area (Å²) in [7, 11) is 3.15. The van der Waals surface area contributed by atoms with Crippen molar-refractivity contribution in [2.24, 2.45) is 5.92 Å². The van der Waals surface area contributed by atoms with Crippen LogP contribution in [-0.4, -0.2) is 49.9 Å². The molecule has 1 heterocycles. The average Bonchev–Trinajstić information content (AvgIpc) is 3.11. The van der Waals surface area contributed by atoms with Gasteiger partial charge in [0.25, 0.3) is 0 Å². The Morgan fingerprint density at radius 2 is 1.97 bits per heavy atom. The molecule has 0 bridgehead atoms. The Morgan fingerprint density at radius 1 is 1.20 bits per heavy atom. The van der Waals surface area contributed by atoms with E-state index in [0.717, 1.165) is 16.8 Å². The summed E-state index contributed by atoms with van der Waals surface area (Å²) in [5.74, 6) is -0.439. The molecule has 7 heteroatoms. The number of carbonyl (C=O) groups excluding carboxylic acids is 3. The number of hydrogen-bond donors (Lipinski definition) is 1. The van der Waals surface area contributed by atoms with Crippen LogP contribution in [0.2, 0.25) is 0 Å². The van der Waals surface area contributed by atoms with Gasteiger partial charge in [-0.15, -0.1) is 0 Å². The van der Waals surface area contributed by atoms with Crippen LogP contribution in [0, 0.1) is 19.8 Å². The Bertz CT molecular complexity index is 973. The molecule has 1 fully saturated rings. The zero-order chi connectivity index (χ0) is 21.8. The second-order valence-corrected chi connectivity index (χ2v) is 7.67. The summed E-state index contributed by atoms with van der Waals surface area (Å²) in [5, 5.41) is 2.86. The van der Waals surface area contributed by atoms with Gasteiger partial charge in [0.1, 0.15) is 5.75 Å². The predicted octanol–water partition coefficient (Wildman–Crippen LogP) is 2.76. The van der Waals surface area contributed by atoms with E-state index in [1.807, 2.05) is 38.1 Å². The third kappa shape index (κ3) is 4.79. The van der Waals surface area contributed by atoms with Gasteiger partial charge in [0, 0.05) is 37.5 Å². The zero-order valence-electron chi connectivity index (χ0n) is 17.8. The second-order valence-electron chi connectivity index (χ2n) is 7.67. The minimum absolute atomic E-state index is 0.0733. The van der Waals surface area contributed by atoms with E-state index in [9.17, 15) is 14.4 Å². The Morgan fingerprint density at radius 3 is 2.70 bits per heavy atom. The molecule has 1 saturated heterocycles. The van der Waals surface area contributed by atoms with Crippen molar-refractivity contribution >= 4 is 29.1 Å².